The monoisotopic (exact) mass is 512 g/mol. The lowest BCUT2D eigenvalue weighted by atomic mass is 9.95. The van der Waals surface area contributed by atoms with Gasteiger partial charge in [-0.25, -0.2) is 9.59 Å². The van der Waals surface area contributed by atoms with Gasteiger partial charge in [-0.2, -0.15) is 5.10 Å². The Labute approximate surface area is 215 Å². The molecule has 0 fully saturated rings. The fourth-order valence-corrected chi connectivity index (χ4v) is 3.73. The molecule has 0 aromatic heterocycles. The standard InChI is InChI=1S/C26H32N4O7/c1-6-36-21-12-17(24-23(25(32)35-5)16(3)28-26(33)29-24)8-10-20(21)37-14-22(31)30-27-13-18-7-9-19(34-4)11-15(18)2/h7-13,22,24,30-31H,6,14H2,1-5H3,(H2,28,29,33)/b27-13-/t22-,24-/m0/s1. The first kappa shape index (κ1) is 27.3. The number of carbonyl (C=O) groups is 2. The number of rotatable bonds is 11. The molecule has 2 atom stereocenters. The van der Waals surface area contributed by atoms with Crippen molar-refractivity contribution in [2.45, 2.75) is 33.0 Å². The van der Waals surface area contributed by atoms with Crippen molar-refractivity contribution in [3.63, 3.8) is 0 Å². The molecule has 198 valence electrons. The normalized spacial score (nSPS) is 16.1. The molecule has 0 bridgehead atoms. The summed E-state index contributed by atoms with van der Waals surface area (Å²) >= 11 is 0. The van der Waals surface area contributed by atoms with Crippen molar-refractivity contribution in [1.82, 2.24) is 16.1 Å². The van der Waals surface area contributed by atoms with Crippen LogP contribution in [0, 0.1) is 6.92 Å². The molecule has 11 nitrogen and oxygen atoms in total. The molecular weight excluding hydrogens is 480 g/mol. The molecule has 2 aromatic rings. The maximum absolute atomic E-state index is 12.4. The van der Waals surface area contributed by atoms with Crippen molar-refractivity contribution in [2.75, 3.05) is 27.4 Å². The predicted octanol–water partition coefficient (Wildman–Crippen LogP) is 2.52. The van der Waals surface area contributed by atoms with E-state index in [0.29, 0.717) is 29.4 Å². The molecule has 1 aliphatic rings. The molecule has 2 amide bonds. The number of amides is 2. The molecule has 1 aliphatic heterocycles. The number of methoxy groups -OCH3 is 2. The van der Waals surface area contributed by atoms with Crippen LogP contribution in [0.25, 0.3) is 0 Å². The highest BCUT2D eigenvalue weighted by Gasteiger charge is 2.32. The number of hydrogen-bond donors (Lipinski definition) is 4. The third kappa shape index (κ3) is 6.91. The van der Waals surface area contributed by atoms with Crippen LogP contribution in [0.2, 0.25) is 0 Å². The van der Waals surface area contributed by atoms with Gasteiger partial charge < -0.3 is 34.7 Å². The number of esters is 1. The van der Waals surface area contributed by atoms with Crippen molar-refractivity contribution in [3.05, 3.63) is 64.4 Å². The first-order valence-electron chi connectivity index (χ1n) is 11.6. The van der Waals surface area contributed by atoms with Crippen molar-refractivity contribution in [2.24, 2.45) is 5.10 Å². The largest absolute Gasteiger partial charge is 0.497 e. The molecule has 4 N–H and O–H groups in total. The zero-order valence-corrected chi connectivity index (χ0v) is 21.5. The molecule has 1 heterocycles. The Morgan fingerprint density at radius 1 is 1.16 bits per heavy atom. The highest BCUT2D eigenvalue weighted by molar-refractivity contribution is 5.95. The fraction of sp³-hybridized carbons (Fsp3) is 0.346. The second-order valence-corrected chi connectivity index (χ2v) is 8.14. The van der Waals surface area contributed by atoms with Crippen molar-refractivity contribution in [3.8, 4) is 17.2 Å². The molecular formula is C26H32N4O7. The maximum Gasteiger partial charge on any atom is 0.337 e. The number of carbonyl (C=O) groups excluding carboxylic acids is 2. The second-order valence-electron chi connectivity index (χ2n) is 8.14. The van der Waals surface area contributed by atoms with Crippen LogP contribution in [0.3, 0.4) is 0 Å². The molecule has 11 heteroatoms. The van der Waals surface area contributed by atoms with Crippen LogP contribution in [0.5, 0.6) is 17.2 Å². The number of aryl methyl sites for hydroxylation is 1. The van der Waals surface area contributed by atoms with Gasteiger partial charge in [-0.1, -0.05) is 6.07 Å². The first-order chi connectivity index (χ1) is 17.8. The van der Waals surface area contributed by atoms with Gasteiger partial charge in [0.2, 0.25) is 0 Å². The Hall–Kier alpha value is -4.25. The van der Waals surface area contributed by atoms with E-state index in [4.69, 9.17) is 18.9 Å². The lowest BCUT2D eigenvalue weighted by molar-refractivity contribution is -0.136. The molecule has 0 unspecified atom stereocenters. The van der Waals surface area contributed by atoms with E-state index in [1.807, 2.05) is 32.0 Å². The Bertz CT molecular complexity index is 1200. The maximum atomic E-state index is 12.4. The van der Waals surface area contributed by atoms with Gasteiger partial charge in [-0.15, -0.1) is 0 Å². The third-order valence-corrected chi connectivity index (χ3v) is 5.58. The number of aliphatic hydroxyl groups is 1. The van der Waals surface area contributed by atoms with Gasteiger partial charge in [0.15, 0.2) is 17.7 Å². The number of nitrogens with one attached hydrogen (secondary N) is 3. The van der Waals surface area contributed by atoms with Crippen molar-refractivity contribution in [1.29, 1.82) is 0 Å². The van der Waals surface area contributed by atoms with Crippen LogP contribution >= 0.6 is 0 Å². The Morgan fingerprint density at radius 3 is 2.62 bits per heavy atom. The molecule has 0 radical (unpaired) electrons. The molecule has 0 saturated heterocycles. The molecule has 37 heavy (non-hydrogen) atoms. The topological polar surface area (TPSA) is 140 Å². The Kier molecular flexibility index (Phi) is 9.33. The van der Waals surface area contributed by atoms with Gasteiger partial charge in [0.25, 0.3) is 0 Å². The van der Waals surface area contributed by atoms with Crippen LogP contribution in [0.4, 0.5) is 4.79 Å². The summed E-state index contributed by atoms with van der Waals surface area (Å²) in [7, 11) is 2.88. The lowest BCUT2D eigenvalue weighted by Gasteiger charge is -2.28. The number of benzene rings is 2. The second kappa shape index (κ2) is 12.6. The average molecular weight is 513 g/mol. The van der Waals surface area contributed by atoms with Crippen molar-refractivity contribution < 1.29 is 33.6 Å². The van der Waals surface area contributed by atoms with Crippen LogP contribution < -0.4 is 30.3 Å². The highest BCUT2D eigenvalue weighted by atomic mass is 16.5. The van der Waals surface area contributed by atoms with E-state index >= 15 is 0 Å². The number of nitrogens with zero attached hydrogens (tertiary/aromatic N) is 1. The lowest BCUT2D eigenvalue weighted by Crippen LogP contribution is -2.45. The molecule has 0 aliphatic carbocycles. The molecule has 0 saturated carbocycles. The minimum absolute atomic E-state index is 0.116. The number of allylic oxidation sites excluding steroid dienone is 1. The van der Waals surface area contributed by atoms with Crippen LogP contribution in [-0.4, -0.2) is 57.0 Å². The third-order valence-electron chi connectivity index (χ3n) is 5.58. The summed E-state index contributed by atoms with van der Waals surface area (Å²) < 4.78 is 21.6. The van der Waals surface area contributed by atoms with Crippen LogP contribution in [0.15, 0.2) is 52.8 Å². The zero-order chi connectivity index (χ0) is 26.9. The highest BCUT2D eigenvalue weighted by Crippen LogP contribution is 2.34. The van der Waals surface area contributed by atoms with Gasteiger partial charge in [0, 0.05) is 5.70 Å². The smallest absolute Gasteiger partial charge is 0.337 e. The van der Waals surface area contributed by atoms with E-state index in [0.717, 1.165) is 16.9 Å². The number of ether oxygens (including phenoxy) is 4. The van der Waals surface area contributed by atoms with Gasteiger partial charge >= 0.3 is 12.0 Å². The summed E-state index contributed by atoms with van der Waals surface area (Å²) in [5.41, 5.74) is 5.75. The van der Waals surface area contributed by atoms with Crippen molar-refractivity contribution >= 4 is 18.2 Å². The first-order valence-corrected chi connectivity index (χ1v) is 11.6. The van der Waals surface area contributed by atoms with E-state index in [9.17, 15) is 14.7 Å². The van der Waals surface area contributed by atoms with Gasteiger partial charge in [-0.3, -0.25) is 5.43 Å². The SMILES string of the molecule is CCOc1cc([C@@H]2NC(=O)NC(C)=C2C(=O)OC)ccc1OC[C@H](O)N/N=C\c1ccc(OC)cc1C. The van der Waals surface area contributed by atoms with Crippen LogP contribution in [-0.2, 0) is 9.53 Å². The zero-order valence-electron chi connectivity index (χ0n) is 21.5. The van der Waals surface area contributed by atoms with Gasteiger partial charge in [-0.05, 0) is 67.8 Å². The van der Waals surface area contributed by atoms with Crippen LogP contribution in [0.1, 0.15) is 36.6 Å². The predicted molar refractivity (Wildman–Crippen MR) is 137 cm³/mol. The van der Waals surface area contributed by atoms with E-state index in [1.165, 1.54) is 7.11 Å². The summed E-state index contributed by atoms with van der Waals surface area (Å²) in [6.07, 6.45) is 0.504. The summed E-state index contributed by atoms with van der Waals surface area (Å²) in [5, 5.41) is 19.7. The Morgan fingerprint density at radius 2 is 1.95 bits per heavy atom. The molecule has 2 aromatic carbocycles. The molecule has 0 spiro atoms. The summed E-state index contributed by atoms with van der Waals surface area (Å²) in [6, 6.07) is 9.43. The van der Waals surface area contributed by atoms with E-state index in [2.05, 4.69) is 21.2 Å². The minimum Gasteiger partial charge on any atom is -0.497 e. The number of aliphatic hydroxyl groups excluding tert-OH is 1. The fourth-order valence-electron chi connectivity index (χ4n) is 3.73. The van der Waals surface area contributed by atoms with Gasteiger partial charge in [0.1, 0.15) is 12.4 Å². The molecule has 3 rings (SSSR count). The van der Waals surface area contributed by atoms with E-state index in [1.54, 1.807) is 38.4 Å². The average Bonchev–Trinajstić information content (AvgIpc) is 2.88. The number of urea groups is 1. The van der Waals surface area contributed by atoms with Gasteiger partial charge in [0.05, 0.1) is 38.7 Å². The summed E-state index contributed by atoms with van der Waals surface area (Å²) in [6.45, 7) is 5.62. The quantitative estimate of drug-likeness (QED) is 0.156. The minimum atomic E-state index is -1.09. The Balaban J connectivity index is 1.70. The summed E-state index contributed by atoms with van der Waals surface area (Å²) in [4.78, 5) is 24.4. The number of hydrogen-bond acceptors (Lipinski definition) is 9. The summed E-state index contributed by atoms with van der Waals surface area (Å²) in [5.74, 6) is 0.955. The van der Waals surface area contributed by atoms with E-state index < -0.39 is 24.3 Å². The van der Waals surface area contributed by atoms with E-state index in [-0.39, 0.29) is 12.2 Å². The number of hydrazone groups is 1.